The Morgan fingerprint density at radius 3 is 2.46 bits per heavy atom. The van der Waals surface area contributed by atoms with E-state index in [2.05, 4.69) is 11.9 Å². The SMILES string of the molecule is C=C1c2ccccc2C(=O)N1CC(=O)OCC(=O)N(C)c1ccccc1C(=O)NCc1ccco1. The molecule has 1 aliphatic heterocycles. The third kappa shape index (κ3) is 4.98. The molecule has 1 aromatic heterocycles. The van der Waals surface area contributed by atoms with Gasteiger partial charge in [0, 0.05) is 23.9 Å². The molecule has 1 aliphatic rings. The molecule has 3 aromatic rings. The Balaban J connectivity index is 1.34. The molecule has 2 heterocycles. The lowest BCUT2D eigenvalue weighted by Crippen LogP contribution is -2.36. The fourth-order valence-electron chi connectivity index (χ4n) is 3.68. The van der Waals surface area contributed by atoms with Gasteiger partial charge in [0.1, 0.15) is 12.3 Å². The average Bonchev–Trinajstić information content (AvgIpc) is 3.48. The van der Waals surface area contributed by atoms with Gasteiger partial charge in [-0.05, 0) is 30.3 Å². The van der Waals surface area contributed by atoms with Gasteiger partial charge in [-0.25, -0.2) is 0 Å². The van der Waals surface area contributed by atoms with E-state index in [0.717, 1.165) is 0 Å². The molecular weight excluding hydrogens is 450 g/mol. The lowest BCUT2D eigenvalue weighted by atomic mass is 10.1. The van der Waals surface area contributed by atoms with Crippen molar-refractivity contribution in [3.63, 3.8) is 0 Å². The number of furan rings is 1. The van der Waals surface area contributed by atoms with E-state index >= 15 is 0 Å². The van der Waals surface area contributed by atoms with E-state index in [0.29, 0.717) is 28.3 Å². The van der Waals surface area contributed by atoms with Gasteiger partial charge in [0.15, 0.2) is 6.61 Å². The third-order valence-electron chi connectivity index (χ3n) is 5.57. The van der Waals surface area contributed by atoms with Crippen molar-refractivity contribution >= 4 is 35.1 Å². The fourth-order valence-corrected chi connectivity index (χ4v) is 3.68. The average molecular weight is 473 g/mol. The molecule has 0 fully saturated rings. The van der Waals surface area contributed by atoms with Crippen LogP contribution in [0.5, 0.6) is 0 Å². The number of ether oxygens (including phenoxy) is 1. The van der Waals surface area contributed by atoms with Crippen LogP contribution in [0.25, 0.3) is 5.70 Å². The highest BCUT2D eigenvalue weighted by atomic mass is 16.5. The quantitative estimate of drug-likeness (QED) is 0.504. The standard InChI is InChI=1S/C26H23N3O6/c1-17-19-9-3-4-10-20(19)26(33)29(17)15-24(31)35-16-23(30)28(2)22-12-6-5-11-21(22)25(32)27-14-18-8-7-13-34-18/h3-13H,1,14-16H2,2H3,(H,27,32). The van der Waals surface area contributed by atoms with E-state index in [4.69, 9.17) is 9.15 Å². The van der Waals surface area contributed by atoms with Crippen molar-refractivity contribution in [2.45, 2.75) is 6.54 Å². The van der Waals surface area contributed by atoms with E-state index in [1.807, 2.05) is 0 Å². The van der Waals surface area contributed by atoms with Crippen molar-refractivity contribution in [1.29, 1.82) is 0 Å². The summed E-state index contributed by atoms with van der Waals surface area (Å²) >= 11 is 0. The Morgan fingerprint density at radius 1 is 1.03 bits per heavy atom. The summed E-state index contributed by atoms with van der Waals surface area (Å²) in [7, 11) is 1.48. The number of hydrogen-bond donors (Lipinski definition) is 1. The second-order valence-electron chi connectivity index (χ2n) is 7.78. The number of esters is 1. The Labute approximate surface area is 201 Å². The summed E-state index contributed by atoms with van der Waals surface area (Å²) in [5.41, 5.74) is 2.15. The number of amides is 3. The minimum Gasteiger partial charge on any atom is -0.467 e. The van der Waals surface area contributed by atoms with Crippen LogP contribution in [0.1, 0.15) is 32.0 Å². The smallest absolute Gasteiger partial charge is 0.326 e. The lowest BCUT2D eigenvalue weighted by molar-refractivity contribution is -0.147. The summed E-state index contributed by atoms with van der Waals surface area (Å²) < 4.78 is 10.3. The molecular formula is C26H23N3O6. The molecule has 9 heteroatoms. The molecule has 1 N–H and O–H groups in total. The number of benzene rings is 2. The van der Waals surface area contributed by atoms with Crippen LogP contribution in [0.3, 0.4) is 0 Å². The number of carbonyl (C=O) groups excluding carboxylic acids is 4. The normalized spacial score (nSPS) is 12.3. The molecule has 3 amide bonds. The molecule has 35 heavy (non-hydrogen) atoms. The Hall–Kier alpha value is -4.66. The highest BCUT2D eigenvalue weighted by Gasteiger charge is 2.32. The zero-order valence-electron chi connectivity index (χ0n) is 19.0. The number of hydrogen-bond acceptors (Lipinski definition) is 6. The van der Waals surface area contributed by atoms with Crippen molar-refractivity contribution in [3.8, 4) is 0 Å². The molecule has 0 unspecified atom stereocenters. The highest BCUT2D eigenvalue weighted by Crippen LogP contribution is 2.30. The number of rotatable bonds is 8. The number of carbonyl (C=O) groups is 4. The summed E-state index contributed by atoms with van der Waals surface area (Å²) in [6.45, 7) is 3.15. The molecule has 0 spiro atoms. The molecule has 0 aliphatic carbocycles. The van der Waals surface area contributed by atoms with Crippen LogP contribution in [0.15, 0.2) is 77.9 Å². The second-order valence-corrected chi connectivity index (χ2v) is 7.78. The van der Waals surface area contributed by atoms with Gasteiger partial charge in [0.05, 0.1) is 24.1 Å². The van der Waals surface area contributed by atoms with Crippen LogP contribution in [-0.2, 0) is 20.9 Å². The molecule has 2 aromatic carbocycles. The second kappa shape index (κ2) is 10.1. The molecule has 0 saturated heterocycles. The van der Waals surface area contributed by atoms with E-state index in [1.165, 1.54) is 23.1 Å². The first-order valence-electron chi connectivity index (χ1n) is 10.8. The van der Waals surface area contributed by atoms with Gasteiger partial charge in [0.25, 0.3) is 17.7 Å². The van der Waals surface area contributed by atoms with E-state index in [-0.39, 0.29) is 30.5 Å². The largest absolute Gasteiger partial charge is 0.467 e. The first kappa shape index (κ1) is 23.5. The van der Waals surface area contributed by atoms with Gasteiger partial charge in [-0.15, -0.1) is 0 Å². The maximum absolute atomic E-state index is 12.7. The highest BCUT2D eigenvalue weighted by molar-refractivity contribution is 6.10. The van der Waals surface area contributed by atoms with E-state index < -0.39 is 18.5 Å². The van der Waals surface area contributed by atoms with Crippen molar-refractivity contribution in [2.24, 2.45) is 0 Å². The van der Waals surface area contributed by atoms with Crippen LogP contribution in [-0.4, -0.2) is 48.8 Å². The first-order valence-corrected chi connectivity index (χ1v) is 10.8. The number of para-hydroxylation sites is 1. The van der Waals surface area contributed by atoms with Crippen molar-refractivity contribution in [3.05, 3.63) is 96.0 Å². The Bertz CT molecular complexity index is 1260. The number of anilines is 1. The maximum Gasteiger partial charge on any atom is 0.326 e. The summed E-state index contributed by atoms with van der Waals surface area (Å²) in [5.74, 6) is -1.44. The Morgan fingerprint density at radius 2 is 1.74 bits per heavy atom. The monoisotopic (exact) mass is 473 g/mol. The molecule has 0 radical (unpaired) electrons. The molecule has 9 nitrogen and oxygen atoms in total. The summed E-state index contributed by atoms with van der Waals surface area (Å²) in [6, 6.07) is 17.0. The number of nitrogens with one attached hydrogen (secondary N) is 1. The van der Waals surface area contributed by atoms with Crippen LogP contribution in [0, 0.1) is 0 Å². The van der Waals surface area contributed by atoms with Crippen LogP contribution < -0.4 is 10.2 Å². The lowest BCUT2D eigenvalue weighted by Gasteiger charge is -2.21. The minimum atomic E-state index is -0.751. The Kier molecular flexibility index (Phi) is 6.77. The zero-order valence-corrected chi connectivity index (χ0v) is 19.0. The summed E-state index contributed by atoms with van der Waals surface area (Å²) in [5, 5.41) is 2.74. The fraction of sp³-hybridized carbons (Fsp3) is 0.154. The summed E-state index contributed by atoms with van der Waals surface area (Å²) in [4.78, 5) is 52.8. The van der Waals surface area contributed by atoms with Crippen LogP contribution in [0.2, 0.25) is 0 Å². The van der Waals surface area contributed by atoms with Gasteiger partial charge in [-0.2, -0.15) is 0 Å². The van der Waals surface area contributed by atoms with Crippen LogP contribution >= 0.6 is 0 Å². The topological polar surface area (TPSA) is 109 Å². The predicted octanol–water partition coefficient (Wildman–Crippen LogP) is 2.84. The maximum atomic E-state index is 12.7. The van der Waals surface area contributed by atoms with E-state index in [1.54, 1.807) is 60.7 Å². The molecule has 0 bridgehead atoms. The van der Waals surface area contributed by atoms with Gasteiger partial charge in [-0.3, -0.25) is 24.1 Å². The van der Waals surface area contributed by atoms with E-state index in [9.17, 15) is 19.2 Å². The molecule has 4 rings (SSSR count). The summed E-state index contributed by atoms with van der Waals surface area (Å²) in [6.07, 6.45) is 1.51. The zero-order chi connectivity index (χ0) is 24.9. The molecule has 0 saturated carbocycles. The van der Waals surface area contributed by atoms with Crippen molar-refractivity contribution in [1.82, 2.24) is 10.2 Å². The van der Waals surface area contributed by atoms with Gasteiger partial charge in [-0.1, -0.05) is 36.9 Å². The predicted molar refractivity (Wildman–Crippen MR) is 127 cm³/mol. The molecule has 0 atom stereocenters. The van der Waals surface area contributed by atoms with Crippen LogP contribution in [0.4, 0.5) is 5.69 Å². The number of nitrogens with zero attached hydrogens (tertiary/aromatic N) is 2. The van der Waals surface area contributed by atoms with Gasteiger partial charge < -0.3 is 19.4 Å². The molecule has 178 valence electrons. The van der Waals surface area contributed by atoms with Crippen molar-refractivity contribution < 1.29 is 28.3 Å². The number of likely N-dealkylation sites (N-methyl/N-ethyl adjacent to an activating group) is 1. The van der Waals surface area contributed by atoms with Crippen molar-refractivity contribution in [2.75, 3.05) is 25.1 Å². The van der Waals surface area contributed by atoms with Gasteiger partial charge in [0.2, 0.25) is 0 Å². The number of fused-ring (bicyclic) bond motifs is 1. The first-order chi connectivity index (χ1) is 16.9. The third-order valence-corrected chi connectivity index (χ3v) is 5.57. The van der Waals surface area contributed by atoms with Gasteiger partial charge >= 0.3 is 5.97 Å². The minimum absolute atomic E-state index is 0.194.